The quantitative estimate of drug-likeness (QED) is 0.776. The van der Waals surface area contributed by atoms with E-state index in [0.29, 0.717) is 11.7 Å². The van der Waals surface area contributed by atoms with Crippen LogP contribution in [0.4, 0.5) is 0 Å². The number of halogens is 1. The number of hydrogen-bond acceptors (Lipinski definition) is 3. The molecule has 1 heterocycles. The van der Waals surface area contributed by atoms with Gasteiger partial charge < -0.3 is 4.52 Å². The highest BCUT2D eigenvalue weighted by atomic mass is 35.5. The number of rotatable bonds is 2. The van der Waals surface area contributed by atoms with Gasteiger partial charge in [0.15, 0.2) is 5.82 Å². The SMILES string of the molecule is CC(Cl)c1noc(C2CCc3ccccc3C2)n1. The first kappa shape index (κ1) is 11.7. The molecule has 0 amide bonds. The molecule has 2 atom stereocenters. The predicted octanol–water partition coefficient (Wildman–Crippen LogP) is 3.64. The van der Waals surface area contributed by atoms with E-state index in [2.05, 4.69) is 34.4 Å². The summed E-state index contributed by atoms with van der Waals surface area (Å²) in [7, 11) is 0. The van der Waals surface area contributed by atoms with Gasteiger partial charge in [-0.1, -0.05) is 29.4 Å². The first-order valence-corrected chi connectivity index (χ1v) is 6.72. The lowest BCUT2D eigenvalue weighted by atomic mass is 9.84. The second-order valence-corrected chi connectivity index (χ2v) is 5.47. The van der Waals surface area contributed by atoms with Crippen LogP contribution < -0.4 is 0 Å². The van der Waals surface area contributed by atoms with Crippen molar-refractivity contribution in [1.82, 2.24) is 10.1 Å². The second kappa shape index (κ2) is 4.73. The van der Waals surface area contributed by atoms with Crippen LogP contribution in [-0.4, -0.2) is 10.1 Å². The van der Waals surface area contributed by atoms with Crippen LogP contribution in [0.5, 0.6) is 0 Å². The van der Waals surface area contributed by atoms with Crippen molar-refractivity contribution in [3.63, 3.8) is 0 Å². The van der Waals surface area contributed by atoms with Gasteiger partial charge in [-0.15, -0.1) is 11.6 Å². The van der Waals surface area contributed by atoms with E-state index in [1.54, 1.807) is 0 Å². The van der Waals surface area contributed by atoms with Crippen LogP contribution in [0.3, 0.4) is 0 Å². The number of hydrogen-bond donors (Lipinski definition) is 0. The van der Waals surface area contributed by atoms with E-state index in [9.17, 15) is 0 Å². The molecule has 1 aromatic heterocycles. The zero-order chi connectivity index (χ0) is 12.5. The van der Waals surface area contributed by atoms with E-state index in [1.807, 2.05) is 6.92 Å². The highest BCUT2D eigenvalue weighted by Gasteiger charge is 2.25. The van der Waals surface area contributed by atoms with E-state index in [1.165, 1.54) is 11.1 Å². The van der Waals surface area contributed by atoms with Crippen LogP contribution in [0.25, 0.3) is 0 Å². The fraction of sp³-hybridized carbons (Fsp3) is 0.429. The van der Waals surface area contributed by atoms with E-state index >= 15 is 0 Å². The van der Waals surface area contributed by atoms with Gasteiger partial charge in [-0.2, -0.15) is 4.98 Å². The second-order valence-electron chi connectivity index (χ2n) is 4.82. The Morgan fingerprint density at radius 2 is 2.11 bits per heavy atom. The van der Waals surface area contributed by atoms with E-state index in [0.717, 1.165) is 25.2 Å². The average Bonchev–Trinajstić information content (AvgIpc) is 2.88. The summed E-state index contributed by atoms with van der Waals surface area (Å²) < 4.78 is 5.33. The molecule has 1 aromatic carbocycles. The number of fused-ring (bicyclic) bond motifs is 1. The Bertz CT molecular complexity index is 550. The minimum absolute atomic E-state index is 0.196. The van der Waals surface area contributed by atoms with Crippen LogP contribution >= 0.6 is 11.6 Å². The maximum Gasteiger partial charge on any atom is 0.230 e. The molecule has 18 heavy (non-hydrogen) atoms. The van der Waals surface area contributed by atoms with E-state index < -0.39 is 0 Å². The van der Waals surface area contributed by atoms with Crippen molar-refractivity contribution in [3.05, 3.63) is 47.1 Å². The van der Waals surface area contributed by atoms with Crippen LogP contribution in [0, 0.1) is 0 Å². The number of nitrogens with zero attached hydrogens (tertiary/aromatic N) is 2. The first-order chi connectivity index (χ1) is 8.74. The zero-order valence-electron chi connectivity index (χ0n) is 10.3. The van der Waals surface area contributed by atoms with Gasteiger partial charge in [-0.05, 0) is 37.3 Å². The third kappa shape index (κ3) is 2.15. The maximum atomic E-state index is 5.95. The molecule has 94 valence electrons. The highest BCUT2D eigenvalue weighted by molar-refractivity contribution is 6.20. The summed E-state index contributed by atoms with van der Waals surface area (Å²) in [5, 5.41) is 3.73. The Balaban J connectivity index is 1.83. The Morgan fingerprint density at radius 1 is 1.33 bits per heavy atom. The summed E-state index contributed by atoms with van der Waals surface area (Å²) in [5.41, 5.74) is 2.84. The van der Waals surface area contributed by atoms with Crippen LogP contribution in [0.1, 0.15) is 47.5 Å². The summed E-state index contributed by atoms with van der Waals surface area (Å²) in [6, 6.07) is 8.56. The first-order valence-electron chi connectivity index (χ1n) is 6.28. The monoisotopic (exact) mass is 262 g/mol. The molecule has 3 nitrogen and oxygen atoms in total. The fourth-order valence-corrected chi connectivity index (χ4v) is 2.57. The zero-order valence-corrected chi connectivity index (χ0v) is 11.0. The molecule has 2 unspecified atom stereocenters. The summed E-state index contributed by atoms with van der Waals surface area (Å²) in [6.45, 7) is 1.85. The molecule has 0 spiro atoms. The minimum Gasteiger partial charge on any atom is -0.339 e. The van der Waals surface area contributed by atoms with Crippen molar-refractivity contribution >= 4 is 11.6 Å². The molecule has 0 N–H and O–H groups in total. The largest absolute Gasteiger partial charge is 0.339 e. The number of aryl methyl sites for hydroxylation is 1. The van der Waals surface area contributed by atoms with Gasteiger partial charge in [-0.3, -0.25) is 0 Å². The Morgan fingerprint density at radius 3 is 2.83 bits per heavy atom. The van der Waals surface area contributed by atoms with Crippen molar-refractivity contribution in [1.29, 1.82) is 0 Å². The molecule has 4 heteroatoms. The summed E-state index contributed by atoms with van der Waals surface area (Å²) in [4.78, 5) is 4.40. The molecule has 0 saturated heterocycles. The summed E-state index contributed by atoms with van der Waals surface area (Å²) >= 11 is 5.95. The molecule has 1 aliphatic rings. The minimum atomic E-state index is -0.196. The third-order valence-electron chi connectivity index (χ3n) is 3.51. The van der Waals surface area contributed by atoms with Gasteiger partial charge in [0.2, 0.25) is 5.89 Å². The van der Waals surface area contributed by atoms with Gasteiger partial charge in [0, 0.05) is 5.92 Å². The van der Waals surface area contributed by atoms with Gasteiger partial charge in [0.1, 0.15) is 0 Å². The van der Waals surface area contributed by atoms with Crippen LogP contribution in [0.2, 0.25) is 0 Å². The van der Waals surface area contributed by atoms with Gasteiger partial charge in [0.25, 0.3) is 0 Å². The van der Waals surface area contributed by atoms with Gasteiger partial charge in [-0.25, -0.2) is 0 Å². The van der Waals surface area contributed by atoms with Crippen molar-refractivity contribution in [2.75, 3.05) is 0 Å². The smallest absolute Gasteiger partial charge is 0.230 e. The van der Waals surface area contributed by atoms with Crippen molar-refractivity contribution in [2.24, 2.45) is 0 Å². The summed E-state index contributed by atoms with van der Waals surface area (Å²) in [5.74, 6) is 1.65. The van der Waals surface area contributed by atoms with Gasteiger partial charge >= 0.3 is 0 Å². The Labute approximate surface area is 111 Å². The predicted molar refractivity (Wildman–Crippen MR) is 69.8 cm³/mol. The van der Waals surface area contributed by atoms with Crippen LogP contribution in [-0.2, 0) is 12.8 Å². The van der Waals surface area contributed by atoms with Gasteiger partial charge in [0.05, 0.1) is 5.38 Å². The molecule has 0 fully saturated rings. The van der Waals surface area contributed by atoms with E-state index in [-0.39, 0.29) is 5.38 Å². The van der Waals surface area contributed by atoms with E-state index in [4.69, 9.17) is 16.1 Å². The molecule has 0 saturated carbocycles. The molecule has 0 bridgehead atoms. The lowest BCUT2D eigenvalue weighted by molar-refractivity contribution is 0.337. The normalized spacial score (nSPS) is 20.4. The fourth-order valence-electron chi connectivity index (χ4n) is 2.48. The summed E-state index contributed by atoms with van der Waals surface area (Å²) in [6.07, 6.45) is 3.12. The molecule has 3 rings (SSSR count). The van der Waals surface area contributed by atoms with Crippen LogP contribution in [0.15, 0.2) is 28.8 Å². The van der Waals surface area contributed by atoms with Crippen molar-refractivity contribution in [3.8, 4) is 0 Å². The Hall–Kier alpha value is -1.35. The lowest BCUT2D eigenvalue weighted by Gasteiger charge is -2.21. The molecule has 0 radical (unpaired) electrons. The average molecular weight is 263 g/mol. The molecule has 0 aliphatic heterocycles. The van der Waals surface area contributed by atoms with Crippen molar-refractivity contribution < 1.29 is 4.52 Å². The third-order valence-corrected chi connectivity index (χ3v) is 3.70. The number of alkyl halides is 1. The topological polar surface area (TPSA) is 38.9 Å². The standard InChI is InChI=1S/C14H15ClN2O/c1-9(15)13-16-14(18-17-13)12-7-6-10-4-2-3-5-11(10)8-12/h2-5,9,12H,6-8H2,1H3. The lowest BCUT2D eigenvalue weighted by Crippen LogP contribution is -2.13. The molecular formula is C14H15ClN2O. The number of aromatic nitrogens is 2. The number of benzene rings is 1. The Kier molecular flexibility index (Phi) is 3.08. The maximum absolute atomic E-state index is 5.95. The molecular weight excluding hydrogens is 248 g/mol. The highest BCUT2D eigenvalue weighted by Crippen LogP contribution is 2.32. The molecule has 1 aliphatic carbocycles. The molecule has 2 aromatic rings. The van der Waals surface area contributed by atoms with Crippen molar-refractivity contribution in [2.45, 2.75) is 37.5 Å².